The second-order valence-electron chi connectivity index (χ2n) is 6.34. The Hall–Kier alpha value is -2.61. The molecule has 7 nitrogen and oxygen atoms in total. The highest BCUT2D eigenvalue weighted by molar-refractivity contribution is 7.92. The number of nitro groups is 1. The first kappa shape index (κ1) is 17.7. The molecule has 8 heteroatoms. The zero-order valence-corrected chi connectivity index (χ0v) is 14.3. The Morgan fingerprint density at radius 1 is 1.08 bits per heavy atom. The van der Waals surface area contributed by atoms with Crippen LogP contribution in [0.4, 0.5) is 11.4 Å². The maximum absolute atomic E-state index is 12.4. The van der Waals surface area contributed by atoms with E-state index in [1.807, 2.05) is 20.8 Å². The van der Waals surface area contributed by atoms with Crippen molar-refractivity contribution in [1.29, 1.82) is 0 Å². The number of rotatable bonds is 4. The fraction of sp³-hybridized carbons (Fsp3) is 0.250. The Balaban J connectivity index is 2.37. The second kappa shape index (κ2) is 6.12. The molecule has 0 radical (unpaired) electrons. The minimum absolute atomic E-state index is 0.00197. The quantitative estimate of drug-likeness (QED) is 0.499. The van der Waals surface area contributed by atoms with Crippen LogP contribution in [-0.4, -0.2) is 18.4 Å². The number of hydrogen-bond acceptors (Lipinski definition) is 5. The molecule has 2 aromatic rings. The number of nitrogens with one attached hydrogen (secondary N) is 1. The third-order valence-corrected chi connectivity index (χ3v) is 4.83. The largest absolute Gasteiger partial charge is 0.508 e. The standard InChI is InChI=1S/C16H18N2O5S/c1-16(2,3)11-4-7-13(8-5-11)24(22,23)17-14-9-6-12(19)10-15(14)18(20)21/h4-10,17,19H,1-3H3. The van der Waals surface area contributed by atoms with E-state index in [-0.39, 0.29) is 21.7 Å². The fourth-order valence-corrected chi connectivity index (χ4v) is 3.17. The topological polar surface area (TPSA) is 110 Å². The van der Waals surface area contributed by atoms with Crippen LogP contribution in [-0.2, 0) is 15.4 Å². The van der Waals surface area contributed by atoms with Crippen LogP contribution >= 0.6 is 0 Å². The van der Waals surface area contributed by atoms with E-state index < -0.39 is 20.6 Å². The van der Waals surface area contributed by atoms with Gasteiger partial charge in [0.25, 0.3) is 15.7 Å². The van der Waals surface area contributed by atoms with Crippen molar-refractivity contribution in [3.63, 3.8) is 0 Å². The maximum Gasteiger partial charge on any atom is 0.297 e. The van der Waals surface area contributed by atoms with Gasteiger partial charge >= 0.3 is 0 Å². The van der Waals surface area contributed by atoms with Gasteiger partial charge in [0.15, 0.2) is 0 Å². The number of nitrogens with zero attached hydrogens (tertiary/aromatic N) is 1. The summed E-state index contributed by atoms with van der Waals surface area (Å²) in [6.07, 6.45) is 0. The summed E-state index contributed by atoms with van der Waals surface area (Å²) in [5, 5.41) is 20.3. The van der Waals surface area contributed by atoms with Crippen molar-refractivity contribution in [1.82, 2.24) is 0 Å². The molecule has 0 bridgehead atoms. The van der Waals surface area contributed by atoms with E-state index in [0.29, 0.717) is 0 Å². The Morgan fingerprint density at radius 2 is 1.67 bits per heavy atom. The molecule has 128 valence electrons. The number of hydrogen-bond donors (Lipinski definition) is 2. The first-order valence-corrected chi connectivity index (χ1v) is 8.60. The molecule has 0 fully saturated rings. The van der Waals surface area contributed by atoms with E-state index >= 15 is 0 Å². The van der Waals surface area contributed by atoms with E-state index in [9.17, 15) is 23.6 Å². The van der Waals surface area contributed by atoms with Crippen molar-refractivity contribution in [3.05, 3.63) is 58.1 Å². The summed E-state index contributed by atoms with van der Waals surface area (Å²) >= 11 is 0. The molecule has 0 spiro atoms. The van der Waals surface area contributed by atoms with Crippen molar-refractivity contribution in [2.75, 3.05) is 4.72 Å². The molecule has 0 unspecified atom stereocenters. The van der Waals surface area contributed by atoms with Gasteiger partial charge < -0.3 is 5.11 Å². The van der Waals surface area contributed by atoms with Crippen molar-refractivity contribution >= 4 is 21.4 Å². The van der Waals surface area contributed by atoms with Crippen molar-refractivity contribution in [2.45, 2.75) is 31.1 Å². The third kappa shape index (κ3) is 3.83. The summed E-state index contributed by atoms with van der Waals surface area (Å²) in [7, 11) is -3.98. The van der Waals surface area contributed by atoms with Crippen LogP contribution in [0, 0.1) is 10.1 Å². The highest BCUT2D eigenvalue weighted by atomic mass is 32.2. The summed E-state index contributed by atoms with van der Waals surface area (Å²) < 4.78 is 27.0. The number of nitro benzene ring substituents is 1. The third-order valence-electron chi connectivity index (χ3n) is 3.45. The van der Waals surface area contributed by atoms with Gasteiger partial charge in [-0.2, -0.15) is 0 Å². The van der Waals surface area contributed by atoms with Crippen LogP contribution in [0.25, 0.3) is 0 Å². The van der Waals surface area contributed by atoms with Crippen LogP contribution in [0.1, 0.15) is 26.3 Å². The molecule has 0 heterocycles. The van der Waals surface area contributed by atoms with E-state index in [0.717, 1.165) is 17.7 Å². The number of benzene rings is 2. The Kier molecular flexibility index (Phi) is 4.52. The molecule has 0 atom stereocenters. The lowest BCUT2D eigenvalue weighted by atomic mass is 9.87. The monoisotopic (exact) mass is 350 g/mol. The van der Waals surface area contributed by atoms with Crippen LogP contribution < -0.4 is 4.72 Å². The second-order valence-corrected chi connectivity index (χ2v) is 8.02. The Morgan fingerprint density at radius 3 is 2.17 bits per heavy atom. The molecule has 2 rings (SSSR count). The lowest BCUT2D eigenvalue weighted by Crippen LogP contribution is -2.15. The predicted molar refractivity (Wildman–Crippen MR) is 90.7 cm³/mol. The molecule has 24 heavy (non-hydrogen) atoms. The van der Waals surface area contributed by atoms with Crippen molar-refractivity contribution < 1.29 is 18.4 Å². The maximum atomic E-state index is 12.4. The molecule has 0 amide bonds. The Labute approximate surface area is 140 Å². The van der Waals surface area contributed by atoms with Gasteiger partial charge in [0, 0.05) is 0 Å². The minimum Gasteiger partial charge on any atom is -0.508 e. The van der Waals surface area contributed by atoms with Gasteiger partial charge in [-0.1, -0.05) is 32.9 Å². The number of anilines is 1. The first-order valence-electron chi connectivity index (χ1n) is 7.11. The lowest BCUT2D eigenvalue weighted by Gasteiger charge is -2.19. The summed E-state index contributed by atoms with van der Waals surface area (Å²) in [6, 6.07) is 9.53. The van der Waals surface area contributed by atoms with Gasteiger partial charge in [-0.05, 0) is 35.2 Å². The van der Waals surface area contributed by atoms with Gasteiger partial charge in [-0.15, -0.1) is 0 Å². The van der Waals surface area contributed by atoms with Gasteiger partial charge in [0.2, 0.25) is 0 Å². The lowest BCUT2D eigenvalue weighted by molar-refractivity contribution is -0.384. The average molecular weight is 350 g/mol. The van der Waals surface area contributed by atoms with Gasteiger partial charge in [0.1, 0.15) is 11.4 Å². The molecular weight excluding hydrogens is 332 g/mol. The molecule has 0 aliphatic rings. The van der Waals surface area contributed by atoms with Crippen LogP contribution in [0.3, 0.4) is 0 Å². The SMILES string of the molecule is CC(C)(C)c1ccc(S(=O)(=O)Nc2ccc(O)cc2[N+](=O)[O-])cc1. The normalized spacial score (nSPS) is 12.0. The minimum atomic E-state index is -3.98. The molecule has 0 saturated heterocycles. The van der Waals surface area contributed by atoms with E-state index in [1.165, 1.54) is 18.2 Å². The predicted octanol–water partition coefficient (Wildman–Crippen LogP) is 3.40. The molecule has 0 aromatic heterocycles. The molecule has 0 aliphatic carbocycles. The van der Waals surface area contributed by atoms with Crippen LogP contribution in [0.5, 0.6) is 5.75 Å². The average Bonchev–Trinajstić information content (AvgIpc) is 2.48. The molecule has 0 aliphatic heterocycles. The highest BCUT2D eigenvalue weighted by Gasteiger charge is 2.22. The van der Waals surface area contributed by atoms with Crippen molar-refractivity contribution in [3.8, 4) is 5.75 Å². The first-order chi connectivity index (χ1) is 11.0. The van der Waals surface area contributed by atoms with Gasteiger partial charge in [-0.25, -0.2) is 8.42 Å². The van der Waals surface area contributed by atoms with Gasteiger partial charge in [0.05, 0.1) is 15.9 Å². The summed E-state index contributed by atoms with van der Waals surface area (Å²) in [5.41, 5.74) is 0.116. The van der Waals surface area contributed by atoms with Gasteiger partial charge in [-0.3, -0.25) is 14.8 Å². The fourth-order valence-electron chi connectivity index (χ4n) is 2.10. The van der Waals surface area contributed by atoms with E-state index in [1.54, 1.807) is 12.1 Å². The number of phenols is 1. The zero-order valence-electron chi connectivity index (χ0n) is 13.5. The summed E-state index contributed by atoms with van der Waals surface area (Å²) in [5.74, 6) is -0.320. The molecule has 0 saturated carbocycles. The summed E-state index contributed by atoms with van der Waals surface area (Å²) in [6.45, 7) is 6.03. The zero-order chi connectivity index (χ0) is 18.1. The van der Waals surface area contributed by atoms with Crippen LogP contribution in [0.2, 0.25) is 0 Å². The Bertz CT molecular complexity index is 868. The number of phenolic OH excluding ortho intramolecular Hbond substituents is 1. The van der Waals surface area contributed by atoms with Crippen molar-refractivity contribution in [2.24, 2.45) is 0 Å². The van der Waals surface area contributed by atoms with E-state index in [2.05, 4.69) is 4.72 Å². The van der Waals surface area contributed by atoms with E-state index in [4.69, 9.17) is 0 Å². The summed E-state index contributed by atoms with van der Waals surface area (Å²) in [4.78, 5) is 10.2. The molecular formula is C16H18N2O5S. The molecule has 2 aromatic carbocycles. The smallest absolute Gasteiger partial charge is 0.297 e. The highest BCUT2D eigenvalue weighted by Crippen LogP contribution is 2.30. The number of sulfonamides is 1. The number of aromatic hydroxyl groups is 1. The van der Waals surface area contributed by atoms with Crippen LogP contribution in [0.15, 0.2) is 47.4 Å². The molecule has 2 N–H and O–H groups in total.